The van der Waals surface area contributed by atoms with Crippen molar-refractivity contribution in [2.24, 2.45) is 11.7 Å². The Morgan fingerprint density at radius 2 is 2.11 bits per heavy atom. The van der Waals surface area contributed by atoms with Gasteiger partial charge in [0.15, 0.2) is 11.9 Å². The molecular weight excluding hydrogens is 242 g/mol. The molecule has 0 saturated heterocycles. The molecule has 4 rings (SSSR count). The Balaban J connectivity index is 1.55. The number of aromatic nitrogens is 2. The van der Waals surface area contributed by atoms with Crippen LogP contribution < -0.4 is 10.5 Å². The highest BCUT2D eigenvalue weighted by atomic mass is 16.5. The summed E-state index contributed by atoms with van der Waals surface area (Å²) in [7, 11) is 0. The van der Waals surface area contributed by atoms with Crippen molar-refractivity contribution >= 4 is 0 Å². The SMILES string of the molecule is NC(c1noc(C2Cc3ccccc3O2)n1)C1CC1. The predicted octanol–water partition coefficient (Wildman–Crippen LogP) is 2.16. The third kappa shape index (κ3) is 1.90. The maximum Gasteiger partial charge on any atom is 0.268 e. The minimum atomic E-state index is -0.176. The minimum absolute atomic E-state index is 0.0960. The van der Waals surface area contributed by atoms with Crippen LogP contribution in [0.4, 0.5) is 0 Å². The van der Waals surface area contributed by atoms with Crippen molar-refractivity contribution in [1.29, 1.82) is 0 Å². The van der Waals surface area contributed by atoms with E-state index in [2.05, 4.69) is 16.2 Å². The van der Waals surface area contributed by atoms with Gasteiger partial charge in [0.1, 0.15) is 5.75 Å². The van der Waals surface area contributed by atoms with Crippen LogP contribution in [0, 0.1) is 5.92 Å². The molecule has 2 atom stereocenters. The molecule has 0 bridgehead atoms. The Kier molecular flexibility index (Phi) is 2.35. The van der Waals surface area contributed by atoms with Gasteiger partial charge in [0.05, 0.1) is 6.04 Å². The molecule has 1 aliphatic carbocycles. The van der Waals surface area contributed by atoms with Crippen LogP contribution in [0.2, 0.25) is 0 Å². The van der Waals surface area contributed by atoms with Crippen LogP contribution in [0.3, 0.4) is 0 Å². The number of hydrogen-bond acceptors (Lipinski definition) is 5. The zero-order valence-electron chi connectivity index (χ0n) is 10.5. The molecule has 19 heavy (non-hydrogen) atoms. The third-order valence-corrected chi connectivity index (χ3v) is 3.81. The summed E-state index contributed by atoms with van der Waals surface area (Å²) in [6.45, 7) is 0. The summed E-state index contributed by atoms with van der Waals surface area (Å²) in [5, 5.41) is 3.99. The Labute approximate surface area is 110 Å². The van der Waals surface area contributed by atoms with Gasteiger partial charge in [-0.15, -0.1) is 0 Å². The second kappa shape index (κ2) is 4.06. The first-order valence-electron chi connectivity index (χ1n) is 6.65. The highest BCUT2D eigenvalue weighted by molar-refractivity contribution is 5.37. The van der Waals surface area contributed by atoms with E-state index in [1.54, 1.807) is 0 Å². The van der Waals surface area contributed by atoms with Gasteiger partial charge in [-0.1, -0.05) is 23.4 Å². The summed E-state index contributed by atoms with van der Waals surface area (Å²) in [6.07, 6.45) is 2.92. The standard InChI is InChI=1S/C14H15N3O2/c15-12(8-5-6-8)13-16-14(19-17-13)11-7-9-3-1-2-4-10(9)18-11/h1-4,8,11-12H,5-7,15H2. The van der Waals surface area contributed by atoms with Crippen molar-refractivity contribution in [2.45, 2.75) is 31.4 Å². The van der Waals surface area contributed by atoms with E-state index in [4.69, 9.17) is 15.0 Å². The summed E-state index contributed by atoms with van der Waals surface area (Å²) in [6, 6.07) is 7.89. The van der Waals surface area contributed by atoms with Gasteiger partial charge < -0.3 is 15.0 Å². The fourth-order valence-corrected chi connectivity index (χ4v) is 2.50. The third-order valence-electron chi connectivity index (χ3n) is 3.81. The van der Waals surface area contributed by atoms with Crippen LogP contribution in [0.25, 0.3) is 0 Å². The summed E-state index contributed by atoms with van der Waals surface area (Å²) in [5.74, 6) is 2.56. The van der Waals surface area contributed by atoms with E-state index in [1.165, 1.54) is 5.56 Å². The van der Waals surface area contributed by atoms with Crippen LogP contribution >= 0.6 is 0 Å². The van der Waals surface area contributed by atoms with Crippen LogP contribution in [-0.4, -0.2) is 10.1 Å². The Hall–Kier alpha value is -1.88. The van der Waals surface area contributed by atoms with Crippen LogP contribution in [0.5, 0.6) is 5.75 Å². The molecule has 98 valence electrons. The normalized spacial score (nSPS) is 22.9. The average Bonchev–Trinajstić information content (AvgIpc) is 3.01. The van der Waals surface area contributed by atoms with E-state index in [1.807, 2.05) is 18.2 Å². The van der Waals surface area contributed by atoms with Gasteiger partial charge in [0.25, 0.3) is 5.89 Å². The summed E-state index contributed by atoms with van der Waals surface area (Å²) >= 11 is 0. The molecule has 1 aromatic heterocycles. The molecule has 5 nitrogen and oxygen atoms in total. The molecule has 2 N–H and O–H groups in total. The zero-order valence-corrected chi connectivity index (χ0v) is 10.5. The maximum absolute atomic E-state index is 6.07. The van der Waals surface area contributed by atoms with Crippen LogP contribution in [0.1, 0.15) is 42.3 Å². The quantitative estimate of drug-likeness (QED) is 0.912. The first-order chi connectivity index (χ1) is 9.31. The van der Waals surface area contributed by atoms with Gasteiger partial charge in [-0.3, -0.25) is 0 Å². The lowest BCUT2D eigenvalue weighted by Gasteiger charge is -2.05. The molecule has 1 saturated carbocycles. The minimum Gasteiger partial charge on any atom is -0.480 e. The first-order valence-corrected chi connectivity index (χ1v) is 6.65. The molecule has 5 heteroatoms. The number of ether oxygens (including phenoxy) is 1. The van der Waals surface area contributed by atoms with Gasteiger partial charge in [0.2, 0.25) is 0 Å². The number of para-hydroxylation sites is 1. The van der Waals surface area contributed by atoms with Gasteiger partial charge >= 0.3 is 0 Å². The zero-order chi connectivity index (χ0) is 12.8. The molecule has 1 fully saturated rings. The van der Waals surface area contributed by atoms with Crippen molar-refractivity contribution in [3.63, 3.8) is 0 Å². The number of benzene rings is 1. The van der Waals surface area contributed by atoms with E-state index < -0.39 is 0 Å². The molecule has 0 spiro atoms. The van der Waals surface area contributed by atoms with Crippen molar-refractivity contribution < 1.29 is 9.26 Å². The molecular formula is C14H15N3O2. The summed E-state index contributed by atoms with van der Waals surface area (Å²) in [4.78, 5) is 4.41. The van der Waals surface area contributed by atoms with Gasteiger partial charge in [-0.05, 0) is 30.4 Å². The van der Waals surface area contributed by atoms with Crippen molar-refractivity contribution in [2.75, 3.05) is 0 Å². The molecule has 2 aliphatic rings. The lowest BCUT2D eigenvalue weighted by atomic mass is 10.1. The Morgan fingerprint density at radius 1 is 1.26 bits per heavy atom. The van der Waals surface area contributed by atoms with Crippen LogP contribution in [0.15, 0.2) is 28.8 Å². The average molecular weight is 257 g/mol. The first kappa shape index (κ1) is 11.0. The van der Waals surface area contributed by atoms with Crippen molar-refractivity contribution in [1.82, 2.24) is 10.1 Å². The Bertz CT molecular complexity index is 581. The highest BCUT2D eigenvalue weighted by Gasteiger charge is 2.34. The molecule has 2 heterocycles. The van der Waals surface area contributed by atoms with E-state index in [9.17, 15) is 0 Å². The summed E-state index contributed by atoms with van der Waals surface area (Å²) < 4.78 is 11.1. The molecule has 1 aliphatic heterocycles. The Morgan fingerprint density at radius 3 is 2.89 bits per heavy atom. The second-order valence-corrected chi connectivity index (χ2v) is 5.27. The van der Waals surface area contributed by atoms with Crippen molar-refractivity contribution in [3.8, 4) is 5.75 Å². The fraction of sp³-hybridized carbons (Fsp3) is 0.429. The number of rotatable bonds is 3. The monoisotopic (exact) mass is 257 g/mol. The molecule has 1 aromatic carbocycles. The lowest BCUT2D eigenvalue weighted by Crippen LogP contribution is -2.14. The second-order valence-electron chi connectivity index (χ2n) is 5.27. The molecule has 2 unspecified atom stereocenters. The molecule has 0 radical (unpaired) electrons. The van der Waals surface area contributed by atoms with E-state index in [0.29, 0.717) is 17.6 Å². The van der Waals surface area contributed by atoms with Gasteiger partial charge in [-0.2, -0.15) is 4.98 Å². The topological polar surface area (TPSA) is 74.2 Å². The lowest BCUT2D eigenvalue weighted by molar-refractivity contribution is 0.183. The summed E-state index contributed by atoms with van der Waals surface area (Å²) in [5.41, 5.74) is 7.25. The predicted molar refractivity (Wildman–Crippen MR) is 67.5 cm³/mol. The smallest absolute Gasteiger partial charge is 0.268 e. The number of hydrogen-bond donors (Lipinski definition) is 1. The number of fused-ring (bicyclic) bond motifs is 1. The largest absolute Gasteiger partial charge is 0.480 e. The number of nitrogens with zero attached hydrogens (tertiary/aromatic N) is 2. The molecule has 2 aromatic rings. The molecule has 0 amide bonds. The van der Waals surface area contributed by atoms with Crippen LogP contribution in [-0.2, 0) is 6.42 Å². The maximum atomic E-state index is 6.07. The highest BCUT2D eigenvalue weighted by Crippen LogP contribution is 2.39. The number of nitrogens with two attached hydrogens (primary N) is 1. The van der Waals surface area contributed by atoms with Gasteiger partial charge in [-0.25, -0.2) is 0 Å². The van der Waals surface area contributed by atoms with E-state index in [-0.39, 0.29) is 12.1 Å². The van der Waals surface area contributed by atoms with E-state index >= 15 is 0 Å². The van der Waals surface area contributed by atoms with E-state index in [0.717, 1.165) is 25.0 Å². The fourth-order valence-electron chi connectivity index (χ4n) is 2.50. The van der Waals surface area contributed by atoms with Gasteiger partial charge in [0, 0.05) is 6.42 Å². The van der Waals surface area contributed by atoms with Crippen molar-refractivity contribution in [3.05, 3.63) is 41.5 Å².